The number of amides is 1. The zero-order valence-corrected chi connectivity index (χ0v) is 18.9. The molecule has 0 saturated carbocycles. The van der Waals surface area contributed by atoms with Gasteiger partial charge >= 0.3 is 5.97 Å². The van der Waals surface area contributed by atoms with Crippen LogP contribution in [-0.4, -0.2) is 54.1 Å². The van der Waals surface area contributed by atoms with Crippen molar-refractivity contribution < 1.29 is 14.7 Å². The van der Waals surface area contributed by atoms with Crippen LogP contribution in [0.2, 0.25) is 0 Å². The minimum atomic E-state index is -0.989. The van der Waals surface area contributed by atoms with Crippen LogP contribution >= 0.6 is 0 Å². The molecule has 2 aromatic carbocycles. The first-order valence-corrected chi connectivity index (χ1v) is 11.0. The lowest BCUT2D eigenvalue weighted by Gasteiger charge is -2.40. The standard InChI is InChI=1S/C25H33N3O3/c1-17(2)15-19(4)27-11-13-28(14-12-27)23-10-9-21(16-22(23)25(30)31)26-24(29)20-7-5-18(3)6-8-20/h5-10,16-17,19H,11-15H2,1-4H3,(H,26,29)(H,30,31)/t19-/m1/s1. The molecule has 6 nitrogen and oxygen atoms in total. The number of nitrogens with one attached hydrogen (secondary N) is 1. The van der Waals surface area contributed by atoms with Crippen molar-refractivity contribution in [1.29, 1.82) is 0 Å². The van der Waals surface area contributed by atoms with Gasteiger partial charge in [-0.3, -0.25) is 9.69 Å². The van der Waals surface area contributed by atoms with E-state index in [0.717, 1.165) is 38.2 Å². The summed E-state index contributed by atoms with van der Waals surface area (Å²) in [6.07, 6.45) is 1.16. The zero-order chi connectivity index (χ0) is 22.5. The molecule has 1 aliphatic rings. The number of rotatable bonds is 7. The monoisotopic (exact) mass is 423 g/mol. The van der Waals surface area contributed by atoms with Crippen molar-refractivity contribution in [2.75, 3.05) is 36.4 Å². The molecule has 2 aromatic rings. The summed E-state index contributed by atoms with van der Waals surface area (Å²) in [5.74, 6) is -0.580. The summed E-state index contributed by atoms with van der Waals surface area (Å²) < 4.78 is 0. The molecule has 6 heteroatoms. The van der Waals surface area contributed by atoms with E-state index in [-0.39, 0.29) is 11.5 Å². The van der Waals surface area contributed by atoms with E-state index in [0.29, 0.717) is 28.9 Å². The SMILES string of the molecule is Cc1ccc(C(=O)Nc2ccc(N3CCN([C@H](C)CC(C)C)CC3)c(C(=O)O)c2)cc1. The van der Waals surface area contributed by atoms with E-state index in [1.54, 1.807) is 30.3 Å². The van der Waals surface area contributed by atoms with Gasteiger partial charge in [0.1, 0.15) is 0 Å². The molecule has 1 saturated heterocycles. The lowest BCUT2D eigenvalue weighted by molar-refractivity contribution is 0.0696. The Hall–Kier alpha value is -2.86. The number of piperazine rings is 1. The number of carbonyl (C=O) groups excluding carboxylic acids is 1. The second-order valence-corrected chi connectivity index (χ2v) is 8.86. The normalized spacial score (nSPS) is 15.7. The molecule has 0 aliphatic carbocycles. The lowest BCUT2D eigenvalue weighted by Crippen LogP contribution is -2.50. The van der Waals surface area contributed by atoms with Crippen LogP contribution in [0.5, 0.6) is 0 Å². The molecule has 1 atom stereocenters. The molecule has 1 amide bonds. The van der Waals surface area contributed by atoms with Crippen LogP contribution in [0, 0.1) is 12.8 Å². The summed E-state index contributed by atoms with van der Waals surface area (Å²) in [5.41, 5.74) is 3.02. The molecule has 0 aromatic heterocycles. The molecular weight excluding hydrogens is 390 g/mol. The number of hydrogen-bond acceptors (Lipinski definition) is 4. The maximum absolute atomic E-state index is 12.5. The lowest BCUT2D eigenvalue weighted by atomic mass is 10.0. The van der Waals surface area contributed by atoms with Gasteiger partial charge in [-0.1, -0.05) is 31.5 Å². The van der Waals surface area contributed by atoms with Crippen molar-refractivity contribution in [2.24, 2.45) is 5.92 Å². The van der Waals surface area contributed by atoms with Crippen LogP contribution < -0.4 is 10.2 Å². The highest BCUT2D eigenvalue weighted by Gasteiger charge is 2.24. The minimum absolute atomic E-state index is 0.213. The van der Waals surface area contributed by atoms with Crippen LogP contribution in [0.15, 0.2) is 42.5 Å². The van der Waals surface area contributed by atoms with Crippen molar-refractivity contribution >= 4 is 23.3 Å². The highest BCUT2D eigenvalue weighted by Crippen LogP contribution is 2.27. The number of carboxylic acid groups (broad SMARTS) is 1. The minimum Gasteiger partial charge on any atom is -0.478 e. The number of carbonyl (C=O) groups is 2. The van der Waals surface area contributed by atoms with Gasteiger partial charge in [-0.15, -0.1) is 0 Å². The highest BCUT2D eigenvalue weighted by molar-refractivity contribution is 6.05. The fourth-order valence-electron chi connectivity index (χ4n) is 4.20. The Labute approximate surface area is 184 Å². The maximum Gasteiger partial charge on any atom is 0.337 e. The van der Waals surface area contributed by atoms with E-state index in [2.05, 4.69) is 35.9 Å². The largest absolute Gasteiger partial charge is 0.478 e. The van der Waals surface area contributed by atoms with E-state index in [9.17, 15) is 14.7 Å². The van der Waals surface area contributed by atoms with Crippen molar-refractivity contribution in [2.45, 2.75) is 40.2 Å². The Morgan fingerprint density at radius 2 is 1.65 bits per heavy atom. The summed E-state index contributed by atoms with van der Waals surface area (Å²) in [5, 5.41) is 12.6. The summed E-state index contributed by atoms with van der Waals surface area (Å²) in [6, 6.07) is 12.9. The van der Waals surface area contributed by atoms with Gasteiger partial charge in [0, 0.05) is 43.5 Å². The van der Waals surface area contributed by atoms with Gasteiger partial charge < -0.3 is 15.3 Å². The molecule has 0 bridgehead atoms. The number of aromatic carboxylic acids is 1. The van der Waals surface area contributed by atoms with Crippen LogP contribution in [0.3, 0.4) is 0 Å². The summed E-state index contributed by atoms with van der Waals surface area (Å²) in [4.78, 5) is 29.1. The van der Waals surface area contributed by atoms with E-state index in [4.69, 9.17) is 0 Å². The smallest absolute Gasteiger partial charge is 0.337 e. The van der Waals surface area contributed by atoms with Crippen LogP contribution in [0.1, 0.15) is 53.5 Å². The van der Waals surface area contributed by atoms with Gasteiger partial charge in [0.25, 0.3) is 5.91 Å². The Morgan fingerprint density at radius 1 is 1.00 bits per heavy atom. The molecule has 3 rings (SSSR count). The first-order chi connectivity index (χ1) is 14.7. The Bertz CT molecular complexity index is 916. The molecule has 0 unspecified atom stereocenters. The Morgan fingerprint density at radius 3 is 2.23 bits per heavy atom. The van der Waals surface area contributed by atoms with Gasteiger partial charge in [-0.25, -0.2) is 4.79 Å². The van der Waals surface area contributed by atoms with Gasteiger partial charge in [0.2, 0.25) is 0 Å². The number of carboxylic acids is 1. The molecule has 0 radical (unpaired) electrons. The number of nitrogens with zero attached hydrogens (tertiary/aromatic N) is 2. The third-order valence-corrected chi connectivity index (χ3v) is 5.89. The first-order valence-electron chi connectivity index (χ1n) is 11.0. The molecule has 1 aliphatic heterocycles. The first kappa shape index (κ1) is 22.8. The quantitative estimate of drug-likeness (QED) is 0.686. The van der Waals surface area contributed by atoms with Crippen molar-refractivity contribution in [3.05, 3.63) is 59.2 Å². The number of benzene rings is 2. The molecule has 1 heterocycles. The highest BCUT2D eigenvalue weighted by atomic mass is 16.4. The maximum atomic E-state index is 12.5. The zero-order valence-electron chi connectivity index (χ0n) is 18.9. The van der Waals surface area contributed by atoms with E-state index < -0.39 is 5.97 Å². The molecule has 166 valence electrons. The van der Waals surface area contributed by atoms with E-state index in [1.807, 2.05) is 19.1 Å². The van der Waals surface area contributed by atoms with Gasteiger partial charge in [-0.05, 0) is 56.5 Å². The average molecular weight is 424 g/mol. The topological polar surface area (TPSA) is 72.9 Å². The second-order valence-electron chi connectivity index (χ2n) is 8.86. The van der Waals surface area contributed by atoms with Crippen molar-refractivity contribution in [1.82, 2.24) is 4.90 Å². The molecule has 1 fully saturated rings. The number of hydrogen-bond donors (Lipinski definition) is 2. The van der Waals surface area contributed by atoms with E-state index in [1.165, 1.54) is 0 Å². The van der Waals surface area contributed by atoms with Crippen molar-refractivity contribution in [3.8, 4) is 0 Å². The fraction of sp³-hybridized carbons (Fsp3) is 0.440. The summed E-state index contributed by atoms with van der Waals surface area (Å²) in [7, 11) is 0. The van der Waals surface area contributed by atoms with Gasteiger partial charge in [0.15, 0.2) is 0 Å². The van der Waals surface area contributed by atoms with Crippen LogP contribution in [-0.2, 0) is 0 Å². The predicted octanol–water partition coefficient (Wildman–Crippen LogP) is 4.50. The third kappa shape index (κ3) is 5.85. The van der Waals surface area contributed by atoms with Crippen LogP contribution in [0.4, 0.5) is 11.4 Å². The van der Waals surface area contributed by atoms with Crippen LogP contribution in [0.25, 0.3) is 0 Å². The molecule has 0 spiro atoms. The number of aryl methyl sites for hydroxylation is 1. The molecular formula is C25H33N3O3. The third-order valence-electron chi connectivity index (χ3n) is 5.89. The average Bonchev–Trinajstić information content (AvgIpc) is 2.73. The summed E-state index contributed by atoms with van der Waals surface area (Å²) >= 11 is 0. The Kier molecular flexibility index (Phi) is 7.33. The fourth-order valence-corrected chi connectivity index (χ4v) is 4.20. The number of anilines is 2. The van der Waals surface area contributed by atoms with E-state index >= 15 is 0 Å². The summed E-state index contributed by atoms with van der Waals surface area (Å²) in [6.45, 7) is 12.1. The molecule has 2 N–H and O–H groups in total. The molecule has 31 heavy (non-hydrogen) atoms. The Balaban J connectivity index is 1.70. The van der Waals surface area contributed by atoms with Gasteiger partial charge in [-0.2, -0.15) is 0 Å². The predicted molar refractivity (Wildman–Crippen MR) is 125 cm³/mol. The second kappa shape index (κ2) is 9.96. The van der Waals surface area contributed by atoms with Gasteiger partial charge in [0.05, 0.1) is 11.3 Å². The van der Waals surface area contributed by atoms with Crippen molar-refractivity contribution in [3.63, 3.8) is 0 Å².